The second kappa shape index (κ2) is 8.07. The number of para-hydroxylation sites is 1. The van der Waals surface area contributed by atoms with E-state index in [0.29, 0.717) is 26.4 Å². The molecule has 0 atom stereocenters. The van der Waals surface area contributed by atoms with Gasteiger partial charge in [-0.15, -0.1) is 0 Å². The Hall–Kier alpha value is -2.77. The Kier molecular flexibility index (Phi) is 5.60. The molecule has 1 fully saturated rings. The smallest absolute Gasteiger partial charge is 0.341 e. The molecule has 1 saturated heterocycles. The summed E-state index contributed by atoms with van der Waals surface area (Å²) in [5.41, 5.74) is 1.24. The first kappa shape index (κ1) is 18.0. The fourth-order valence-electron chi connectivity index (χ4n) is 2.14. The highest BCUT2D eigenvalue weighted by Gasteiger charge is 2.24. The van der Waals surface area contributed by atoms with Crippen LogP contribution in [0, 0.1) is 0 Å². The number of aliphatic imine (C=N–C) groups is 1. The molecule has 1 aliphatic rings. The molecule has 2 aromatic carbocycles. The van der Waals surface area contributed by atoms with Gasteiger partial charge < -0.3 is 15.2 Å². The summed E-state index contributed by atoms with van der Waals surface area (Å²) in [5, 5.41) is 12.4. The summed E-state index contributed by atoms with van der Waals surface area (Å²) in [6.45, 7) is -0.488. The number of amides is 1. The second-order valence-electron chi connectivity index (χ2n) is 5.18. The third kappa shape index (κ3) is 4.65. The predicted octanol–water partition coefficient (Wildman–Crippen LogP) is 3.70. The van der Waals surface area contributed by atoms with Crippen LogP contribution in [0.1, 0.15) is 5.56 Å². The zero-order chi connectivity index (χ0) is 18.5. The van der Waals surface area contributed by atoms with Crippen molar-refractivity contribution in [3.63, 3.8) is 0 Å². The Morgan fingerprint density at radius 3 is 2.77 bits per heavy atom. The molecule has 2 N–H and O–H groups in total. The number of ether oxygens (including phenoxy) is 1. The molecular weight excluding hydrogens is 376 g/mol. The van der Waals surface area contributed by atoms with E-state index >= 15 is 0 Å². The molecule has 0 bridgehead atoms. The van der Waals surface area contributed by atoms with E-state index < -0.39 is 12.6 Å². The number of rotatable bonds is 5. The van der Waals surface area contributed by atoms with Gasteiger partial charge in [0.1, 0.15) is 5.75 Å². The first-order valence-corrected chi connectivity index (χ1v) is 8.69. The van der Waals surface area contributed by atoms with Crippen LogP contribution in [0.4, 0.5) is 5.69 Å². The van der Waals surface area contributed by atoms with Gasteiger partial charge in [0.15, 0.2) is 11.8 Å². The van der Waals surface area contributed by atoms with E-state index in [2.05, 4.69) is 10.3 Å². The topological polar surface area (TPSA) is 88.0 Å². The maximum absolute atomic E-state index is 12.2. The van der Waals surface area contributed by atoms with Crippen LogP contribution in [0.25, 0.3) is 6.08 Å². The molecule has 6 nitrogen and oxygen atoms in total. The third-order valence-corrected chi connectivity index (χ3v) is 4.39. The van der Waals surface area contributed by atoms with Crippen molar-refractivity contribution in [1.29, 1.82) is 0 Å². The number of nitrogens with one attached hydrogen (secondary N) is 1. The predicted molar refractivity (Wildman–Crippen MR) is 102 cm³/mol. The summed E-state index contributed by atoms with van der Waals surface area (Å²) in [6, 6.07) is 14.0. The molecule has 1 heterocycles. The van der Waals surface area contributed by atoms with Gasteiger partial charge in [-0.1, -0.05) is 29.8 Å². The van der Waals surface area contributed by atoms with Crippen molar-refractivity contribution >= 4 is 52.2 Å². The summed E-state index contributed by atoms with van der Waals surface area (Å²) < 4.78 is 5.25. The number of thioether (sulfide) groups is 1. The van der Waals surface area contributed by atoms with Gasteiger partial charge in [0.25, 0.3) is 5.91 Å². The van der Waals surface area contributed by atoms with Crippen molar-refractivity contribution in [3.05, 3.63) is 64.0 Å². The van der Waals surface area contributed by atoms with Crippen LogP contribution in [-0.4, -0.2) is 28.8 Å². The highest BCUT2D eigenvalue weighted by Crippen LogP contribution is 2.31. The molecular formula is C18H13ClN2O4S. The van der Waals surface area contributed by atoms with Crippen LogP contribution in [0.5, 0.6) is 5.75 Å². The lowest BCUT2D eigenvalue weighted by atomic mass is 10.2. The minimum atomic E-state index is -1.09. The van der Waals surface area contributed by atoms with Crippen LogP contribution < -0.4 is 10.1 Å². The number of carboxylic acids is 1. The zero-order valence-corrected chi connectivity index (χ0v) is 14.9. The maximum atomic E-state index is 12.2. The number of nitrogens with zero attached hydrogens (tertiary/aromatic N) is 1. The van der Waals surface area contributed by atoms with Gasteiger partial charge in [0.05, 0.1) is 10.6 Å². The van der Waals surface area contributed by atoms with E-state index in [1.54, 1.807) is 24.3 Å². The largest absolute Gasteiger partial charge is 0.481 e. The van der Waals surface area contributed by atoms with Gasteiger partial charge in [-0.2, -0.15) is 0 Å². The average molecular weight is 389 g/mol. The number of aliphatic carboxylic acids is 1. The van der Waals surface area contributed by atoms with Crippen LogP contribution in [0.15, 0.2) is 58.4 Å². The third-order valence-electron chi connectivity index (χ3n) is 3.25. The fraction of sp³-hybridized carbons (Fsp3) is 0.0556. The van der Waals surface area contributed by atoms with Crippen LogP contribution >= 0.6 is 23.4 Å². The minimum Gasteiger partial charge on any atom is -0.481 e. The highest BCUT2D eigenvalue weighted by atomic mass is 35.5. The van der Waals surface area contributed by atoms with E-state index in [9.17, 15) is 9.59 Å². The maximum Gasteiger partial charge on any atom is 0.341 e. The summed E-state index contributed by atoms with van der Waals surface area (Å²) in [5.74, 6) is -1.07. The van der Waals surface area contributed by atoms with E-state index in [0.717, 1.165) is 5.69 Å². The Morgan fingerprint density at radius 1 is 1.27 bits per heavy atom. The Balaban J connectivity index is 1.86. The molecule has 26 heavy (non-hydrogen) atoms. The molecule has 0 saturated carbocycles. The number of carboxylic acid groups (broad SMARTS) is 1. The van der Waals surface area contributed by atoms with E-state index in [1.807, 2.05) is 30.3 Å². The van der Waals surface area contributed by atoms with Crippen molar-refractivity contribution in [1.82, 2.24) is 5.32 Å². The number of hydrogen-bond donors (Lipinski definition) is 2. The van der Waals surface area contributed by atoms with Gasteiger partial charge in [-0.05, 0) is 48.2 Å². The zero-order valence-electron chi connectivity index (χ0n) is 13.3. The standard InChI is InChI=1S/C18H13ClN2O4S/c19-12-6-7-14(25-10-16(22)23)11(8-12)9-15-17(24)21-18(26-15)20-13-4-2-1-3-5-13/h1-9H,10H2,(H,22,23)(H,20,21,24)/b15-9-. The van der Waals surface area contributed by atoms with Gasteiger partial charge in [0.2, 0.25) is 0 Å². The number of amidine groups is 1. The molecule has 0 unspecified atom stereocenters. The molecule has 1 amide bonds. The summed E-state index contributed by atoms with van der Waals surface area (Å²) in [7, 11) is 0. The first-order chi connectivity index (χ1) is 12.5. The lowest BCUT2D eigenvalue weighted by molar-refractivity contribution is -0.139. The van der Waals surface area contributed by atoms with Gasteiger partial charge in [-0.25, -0.2) is 9.79 Å². The fourth-order valence-corrected chi connectivity index (χ4v) is 3.16. The molecule has 0 spiro atoms. The number of carbonyl (C=O) groups excluding carboxylic acids is 1. The average Bonchev–Trinajstić information content (AvgIpc) is 2.94. The molecule has 3 rings (SSSR count). The van der Waals surface area contributed by atoms with E-state index in [1.165, 1.54) is 11.8 Å². The van der Waals surface area contributed by atoms with E-state index in [4.69, 9.17) is 21.4 Å². The van der Waals surface area contributed by atoms with Gasteiger partial charge >= 0.3 is 5.97 Å². The van der Waals surface area contributed by atoms with Crippen molar-refractivity contribution in [2.75, 3.05) is 6.61 Å². The van der Waals surface area contributed by atoms with E-state index in [-0.39, 0.29) is 5.91 Å². The second-order valence-corrected chi connectivity index (χ2v) is 6.65. The minimum absolute atomic E-state index is 0.297. The number of carbonyl (C=O) groups is 2. The quantitative estimate of drug-likeness (QED) is 0.762. The number of hydrogen-bond acceptors (Lipinski definition) is 5. The summed E-state index contributed by atoms with van der Waals surface area (Å²) in [6.07, 6.45) is 1.59. The molecule has 2 aromatic rings. The lowest BCUT2D eigenvalue weighted by Crippen LogP contribution is -2.19. The molecule has 0 aliphatic carbocycles. The van der Waals surface area contributed by atoms with Crippen LogP contribution in [0.3, 0.4) is 0 Å². The van der Waals surface area contributed by atoms with Gasteiger partial charge in [-0.3, -0.25) is 4.79 Å². The number of benzene rings is 2. The van der Waals surface area contributed by atoms with Gasteiger partial charge in [0, 0.05) is 10.6 Å². The van der Waals surface area contributed by atoms with Crippen molar-refractivity contribution in [3.8, 4) is 5.75 Å². The monoisotopic (exact) mass is 388 g/mol. The van der Waals surface area contributed by atoms with Crippen LogP contribution in [0.2, 0.25) is 5.02 Å². The molecule has 0 aromatic heterocycles. The highest BCUT2D eigenvalue weighted by molar-refractivity contribution is 8.18. The Morgan fingerprint density at radius 2 is 2.04 bits per heavy atom. The molecule has 132 valence electrons. The van der Waals surface area contributed by atoms with Crippen molar-refractivity contribution in [2.24, 2.45) is 4.99 Å². The molecule has 0 radical (unpaired) electrons. The molecule has 1 aliphatic heterocycles. The Bertz CT molecular complexity index is 913. The Labute approximate surface area is 158 Å². The molecule has 8 heteroatoms. The van der Waals surface area contributed by atoms with Crippen LogP contribution in [-0.2, 0) is 9.59 Å². The number of halogens is 1. The SMILES string of the molecule is O=C(O)COc1ccc(Cl)cc1/C=C1\SC(=Nc2ccccc2)NC1=O. The summed E-state index contributed by atoms with van der Waals surface area (Å²) in [4.78, 5) is 27.7. The summed E-state index contributed by atoms with van der Waals surface area (Å²) >= 11 is 7.19. The van der Waals surface area contributed by atoms with Crippen molar-refractivity contribution in [2.45, 2.75) is 0 Å². The lowest BCUT2D eigenvalue weighted by Gasteiger charge is -2.08. The normalized spacial score (nSPS) is 16.7. The first-order valence-electron chi connectivity index (χ1n) is 7.50. The van der Waals surface area contributed by atoms with Crippen molar-refractivity contribution < 1.29 is 19.4 Å².